The van der Waals surface area contributed by atoms with Gasteiger partial charge in [-0.1, -0.05) is 12.1 Å². The number of ether oxygens (including phenoxy) is 1. The highest BCUT2D eigenvalue weighted by atomic mass is 19.4. The van der Waals surface area contributed by atoms with Gasteiger partial charge in [-0.3, -0.25) is 14.3 Å². The molecule has 2 aromatic rings. The van der Waals surface area contributed by atoms with E-state index in [4.69, 9.17) is 4.74 Å². The van der Waals surface area contributed by atoms with Crippen LogP contribution in [-0.2, 0) is 22.3 Å². The Kier molecular flexibility index (Phi) is 5.98. The number of carbonyl (C=O) groups is 2. The normalized spacial score (nSPS) is 16.8. The molecule has 1 fully saturated rings. The van der Waals surface area contributed by atoms with Crippen molar-refractivity contribution in [3.05, 3.63) is 47.8 Å². The van der Waals surface area contributed by atoms with Crippen molar-refractivity contribution >= 4 is 17.5 Å². The van der Waals surface area contributed by atoms with Crippen LogP contribution < -0.4 is 10.6 Å². The highest BCUT2D eigenvalue weighted by Gasteiger charge is 2.34. The van der Waals surface area contributed by atoms with Crippen LogP contribution in [0.25, 0.3) is 0 Å². The van der Waals surface area contributed by atoms with E-state index in [1.54, 1.807) is 10.9 Å². The topological polar surface area (TPSA) is 85.3 Å². The molecule has 1 aliphatic rings. The summed E-state index contributed by atoms with van der Waals surface area (Å²) in [5, 5.41) is 8.86. The molecule has 2 N–H and O–H groups in total. The van der Waals surface area contributed by atoms with Gasteiger partial charge in [-0.2, -0.15) is 18.3 Å². The lowest BCUT2D eigenvalue weighted by molar-refractivity contribution is -0.137. The minimum Gasteiger partial charge on any atom is -0.376 e. The summed E-state index contributed by atoms with van der Waals surface area (Å²) in [5.74, 6) is -1.55. The molecule has 0 saturated carbocycles. The summed E-state index contributed by atoms with van der Waals surface area (Å²) >= 11 is 0. The number of halogens is 3. The third-order valence-electron chi connectivity index (χ3n) is 4.22. The zero-order valence-electron chi connectivity index (χ0n) is 14.8. The average molecular weight is 396 g/mol. The van der Waals surface area contributed by atoms with E-state index in [1.807, 2.05) is 0 Å². The van der Waals surface area contributed by atoms with Gasteiger partial charge in [0.25, 0.3) is 5.91 Å². The van der Waals surface area contributed by atoms with Crippen molar-refractivity contribution < 1.29 is 27.5 Å². The molecule has 1 unspecified atom stereocenters. The Morgan fingerprint density at radius 3 is 2.79 bits per heavy atom. The van der Waals surface area contributed by atoms with E-state index in [9.17, 15) is 22.8 Å². The summed E-state index contributed by atoms with van der Waals surface area (Å²) in [6.45, 7) is 0.829. The Bertz CT molecular complexity index is 845. The first-order valence-electron chi connectivity index (χ1n) is 8.71. The number of nitrogens with zero attached hydrogens (tertiary/aromatic N) is 2. The van der Waals surface area contributed by atoms with Gasteiger partial charge in [0, 0.05) is 12.8 Å². The number of amides is 2. The van der Waals surface area contributed by atoms with Gasteiger partial charge in [0.15, 0.2) is 0 Å². The summed E-state index contributed by atoms with van der Waals surface area (Å²) in [7, 11) is 0. The van der Waals surface area contributed by atoms with Gasteiger partial charge in [0.05, 0.1) is 42.2 Å². The van der Waals surface area contributed by atoms with Gasteiger partial charge >= 0.3 is 6.18 Å². The lowest BCUT2D eigenvalue weighted by atomic mass is 10.1. The van der Waals surface area contributed by atoms with E-state index in [0.29, 0.717) is 12.2 Å². The van der Waals surface area contributed by atoms with Crippen molar-refractivity contribution in [3.63, 3.8) is 0 Å². The van der Waals surface area contributed by atoms with Crippen LogP contribution in [0, 0.1) is 0 Å². The molecule has 2 heterocycles. The first-order chi connectivity index (χ1) is 13.3. The number of hydrogen-bond donors (Lipinski definition) is 2. The zero-order valence-corrected chi connectivity index (χ0v) is 14.8. The van der Waals surface area contributed by atoms with Crippen LogP contribution in [0.2, 0.25) is 0 Å². The quantitative estimate of drug-likeness (QED) is 0.786. The fourth-order valence-corrected chi connectivity index (χ4v) is 2.91. The Balaban J connectivity index is 1.52. The summed E-state index contributed by atoms with van der Waals surface area (Å²) in [6.07, 6.45) is 0.470. The van der Waals surface area contributed by atoms with Gasteiger partial charge in [-0.15, -0.1) is 0 Å². The second-order valence-electron chi connectivity index (χ2n) is 6.36. The van der Waals surface area contributed by atoms with Crippen LogP contribution >= 0.6 is 0 Å². The maximum absolute atomic E-state index is 13.0. The number of nitrogens with one attached hydrogen (secondary N) is 2. The van der Waals surface area contributed by atoms with Crippen molar-refractivity contribution in [1.82, 2.24) is 15.1 Å². The predicted molar refractivity (Wildman–Crippen MR) is 93.6 cm³/mol. The molecule has 0 radical (unpaired) electrons. The number of carbonyl (C=O) groups excluding carboxylic acids is 2. The molecule has 1 aliphatic heterocycles. The lowest BCUT2D eigenvalue weighted by Crippen LogP contribution is -2.33. The van der Waals surface area contributed by atoms with Crippen LogP contribution in [0.1, 0.15) is 28.8 Å². The molecular formula is C18H19F3N4O3. The third-order valence-corrected chi connectivity index (χ3v) is 4.22. The van der Waals surface area contributed by atoms with Crippen LogP contribution in [0.3, 0.4) is 0 Å². The Morgan fingerprint density at radius 2 is 2.07 bits per heavy atom. The van der Waals surface area contributed by atoms with Crippen LogP contribution in [0.5, 0.6) is 0 Å². The minimum absolute atomic E-state index is 0.0939. The van der Waals surface area contributed by atoms with E-state index in [0.717, 1.165) is 31.6 Å². The molecule has 0 bridgehead atoms. The highest BCUT2D eigenvalue weighted by molar-refractivity contribution is 6.00. The summed E-state index contributed by atoms with van der Waals surface area (Å²) in [4.78, 5) is 24.0. The average Bonchev–Trinajstić information content (AvgIpc) is 3.31. The van der Waals surface area contributed by atoms with Crippen molar-refractivity contribution in [2.45, 2.75) is 31.7 Å². The molecule has 3 rings (SSSR count). The molecule has 7 nitrogen and oxygen atoms in total. The van der Waals surface area contributed by atoms with E-state index >= 15 is 0 Å². The van der Waals surface area contributed by atoms with E-state index in [-0.39, 0.29) is 6.10 Å². The van der Waals surface area contributed by atoms with Gasteiger partial charge in [0.1, 0.15) is 0 Å². The number of anilines is 1. The van der Waals surface area contributed by atoms with E-state index in [1.165, 1.54) is 18.3 Å². The number of hydrogen-bond acceptors (Lipinski definition) is 4. The standard InChI is InChI=1S/C18H19F3N4O3/c19-18(20,21)15-6-2-1-5-14(15)17(27)22-9-16(26)24-12-8-23-25(10-12)11-13-4-3-7-28-13/h1-2,5-6,8,10,13H,3-4,7,9,11H2,(H,22,27)(H,24,26). The molecular weight excluding hydrogens is 377 g/mol. The molecule has 10 heteroatoms. The maximum Gasteiger partial charge on any atom is 0.417 e. The zero-order chi connectivity index (χ0) is 20.1. The minimum atomic E-state index is -4.66. The molecule has 1 saturated heterocycles. The first kappa shape index (κ1) is 19.9. The van der Waals surface area contributed by atoms with Gasteiger partial charge in [0.2, 0.25) is 5.91 Å². The third kappa shape index (κ3) is 5.10. The fraction of sp³-hybridized carbons (Fsp3) is 0.389. The molecule has 0 spiro atoms. The number of rotatable bonds is 6. The van der Waals surface area contributed by atoms with Crippen molar-refractivity contribution in [2.75, 3.05) is 18.5 Å². The predicted octanol–water partition coefficient (Wildman–Crippen LogP) is 2.45. The molecule has 1 atom stereocenters. The largest absolute Gasteiger partial charge is 0.417 e. The Labute approximate surface area is 158 Å². The fourth-order valence-electron chi connectivity index (χ4n) is 2.91. The molecule has 1 aromatic heterocycles. The molecule has 1 aromatic carbocycles. The van der Waals surface area contributed by atoms with Crippen molar-refractivity contribution in [1.29, 1.82) is 0 Å². The molecule has 0 aliphatic carbocycles. The van der Waals surface area contributed by atoms with Crippen molar-refractivity contribution in [2.24, 2.45) is 0 Å². The SMILES string of the molecule is O=C(CNC(=O)c1ccccc1C(F)(F)F)Nc1cnn(CC2CCCO2)c1. The number of alkyl halides is 3. The summed E-state index contributed by atoms with van der Waals surface area (Å²) in [5.41, 5.74) is -1.16. The van der Waals surface area contributed by atoms with Crippen molar-refractivity contribution in [3.8, 4) is 0 Å². The second-order valence-corrected chi connectivity index (χ2v) is 6.36. The molecule has 28 heavy (non-hydrogen) atoms. The monoisotopic (exact) mass is 396 g/mol. The smallest absolute Gasteiger partial charge is 0.376 e. The lowest BCUT2D eigenvalue weighted by Gasteiger charge is -2.12. The van der Waals surface area contributed by atoms with Gasteiger partial charge in [-0.05, 0) is 25.0 Å². The van der Waals surface area contributed by atoms with Crippen LogP contribution in [0.15, 0.2) is 36.7 Å². The Morgan fingerprint density at radius 1 is 1.29 bits per heavy atom. The Hall–Kier alpha value is -2.88. The summed E-state index contributed by atoms with van der Waals surface area (Å²) < 4.78 is 46.1. The first-order valence-corrected chi connectivity index (χ1v) is 8.71. The number of benzene rings is 1. The number of aromatic nitrogens is 2. The second kappa shape index (κ2) is 8.42. The molecule has 150 valence electrons. The summed E-state index contributed by atoms with van der Waals surface area (Å²) in [6, 6.07) is 4.40. The van der Waals surface area contributed by atoms with Gasteiger partial charge < -0.3 is 15.4 Å². The van der Waals surface area contributed by atoms with E-state index in [2.05, 4.69) is 15.7 Å². The van der Waals surface area contributed by atoms with Crippen LogP contribution in [0.4, 0.5) is 18.9 Å². The maximum atomic E-state index is 13.0. The molecule has 2 amide bonds. The highest BCUT2D eigenvalue weighted by Crippen LogP contribution is 2.31. The van der Waals surface area contributed by atoms with Gasteiger partial charge in [-0.25, -0.2) is 0 Å². The van der Waals surface area contributed by atoms with Crippen LogP contribution in [-0.4, -0.2) is 40.9 Å². The van der Waals surface area contributed by atoms with E-state index < -0.39 is 35.7 Å².